The van der Waals surface area contributed by atoms with Crippen molar-refractivity contribution in [3.05, 3.63) is 349 Å². The minimum absolute atomic E-state index is 0.106. The predicted octanol–water partition coefficient (Wildman–Crippen LogP) is 22.3. The third-order valence-corrected chi connectivity index (χ3v) is 22.5. The maximum Gasteiger partial charge on any atom is 0.338 e. The normalized spacial score (nSPS) is 11.3. The Hall–Kier alpha value is -16.1. The Kier molecular flexibility index (Phi) is 33.0. The zero-order valence-electron chi connectivity index (χ0n) is 78.1. The zero-order chi connectivity index (χ0) is 96.0. The van der Waals surface area contributed by atoms with Crippen molar-refractivity contribution in [1.29, 1.82) is 0 Å². The lowest BCUT2D eigenvalue weighted by Crippen LogP contribution is -2.55. The van der Waals surface area contributed by atoms with Gasteiger partial charge in [0.25, 0.3) is 0 Å². The van der Waals surface area contributed by atoms with Crippen LogP contribution in [-0.2, 0) is 41.5 Å². The first-order valence-electron chi connectivity index (χ1n) is 46.6. The van der Waals surface area contributed by atoms with Gasteiger partial charge in [-0.3, -0.25) is 0 Å². The van der Waals surface area contributed by atoms with Crippen LogP contribution < -0.4 is 48.1 Å². The van der Waals surface area contributed by atoms with Crippen LogP contribution in [0.2, 0.25) is 0 Å². The van der Waals surface area contributed by atoms with Crippen LogP contribution in [0.3, 0.4) is 0 Å². The lowest BCUT2D eigenvalue weighted by atomic mass is 9.91. The lowest BCUT2D eigenvalue weighted by molar-refractivity contribution is -0.814. The summed E-state index contributed by atoms with van der Waals surface area (Å²) in [6, 6.07) is 96.8. The van der Waals surface area contributed by atoms with Crippen LogP contribution in [-0.4, -0.2) is 135 Å². The van der Waals surface area contributed by atoms with Gasteiger partial charge in [-0.2, -0.15) is 30.0 Å². The van der Waals surface area contributed by atoms with Gasteiger partial charge in [-0.15, -0.1) is 0 Å². The molecule has 0 amide bonds. The van der Waals surface area contributed by atoms with Crippen LogP contribution in [0.15, 0.2) is 315 Å². The average molecular weight is 1860 g/mol. The van der Waals surface area contributed by atoms with Gasteiger partial charge in [0.05, 0.1) is 85.0 Å². The molecule has 0 fully saturated rings. The van der Waals surface area contributed by atoms with Crippen molar-refractivity contribution in [3.63, 3.8) is 0 Å². The summed E-state index contributed by atoms with van der Waals surface area (Å²) in [5.74, 6) is -0.584. The molecule has 706 valence electrons. The van der Waals surface area contributed by atoms with E-state index in [2.05, 4.69) is 82.6 Å². The lowest BCUT2D eigenvalue weighted by Gasteiger charge is -2.33. The van der Waals surface area contributed by atoms with Crippen molar-refractivity contribution >= 4 is 92.0 Å². The molecule has 0 aliphatic rings. The van der Waals surface area contributed by atoms with Gasteiger partial charge in [0.15, 0.2) is 6.54 Å². The Balaban J connectivity index is 0.955. The number of anilines is 6. The van der Waals surface area contributed by atoms with E-state index in [-0.39, 0.29) is 92.4 Å². The summed E-state index contributed by atoms with van der Waals surface area (Å²) in [5.41, 5.74) is 8.54. The van der Waals surface area contributed by atoms with E-state index in [9.17, 15) is 28.8 Å². The Labute approximate surface area is 801 Å². The number of esters is 6. The quantitative estimate of drug-likeness (QED) is 0.0194. The molecule has 0 spiro atoms. The highest BCUT2D eigenvalue weighted by Crippen LogP contribution is 2.45. The first-order valence-corrected chi connectivity index (χ1v) is 46.6. The topological polar surface area (TPSA) is 281 Å². The smallest absolute Gasteiger partial charge is 0.338 e. The number of carbonyl (C=O) groups excluding carboxylic acids is 6. The highest BCUT2D eigenvalue weighted by molar-refractivity contribution is 6.16. The predicted molar refractivity (Wildman–Crippen MR) is 527 cm³/mol. The van der Waals surface area contributed by atoms with Crippen LogP contribution in [0.4, 0.5) is 34.1 Å². The van der Waals surface area contributed by atoms with Crippen molar-refractivity contribution in [2.24, 2.45) is 10.8 Å². The number of rotatable bonds is 48. The number of ether oxygens (including phenoxy) is 12. The standard InChI is InChI=1S/C112H110N8O18/c1-7-65-127-105(121)81-37-53-93(54-38-81)133-73-111(74-134-94-55-39-82(40-56-94)106(122)128-66-8-2,75-135-95-57-41-83(42-58-95)107(123)129-67-9-3)71-117-113-101-99(79-33-49-91(50-34-79)119(87-25-17-13-18-26-87)88-27-19-14-20-28-88)103-104(100(102(101)114-117)80-35-51-92(52-36-80)120(89-29-21-15-22-30-89)90-31-23-16-24-32-90)116-118(115-103)72-112(76-136-96-59-43-84(44-60-96)108(124)130-68-10-4,77-137-97-61-45-85(46-62-97)109(125)131-69-11-5)78-138-98-63-47-86(48-64-98)110(126)132-70-12-6/h13-64H,7-12,65-78H2,1-6H3. The van der Waals surface area contributed by atoms with Crippen LogP contribution in [0, 0.1) is 10.8 Å². The summed E-state index contributed by atoms with van der Waals surface area (Å²) >= 11 is 0. The molecule has 2 aromatic heterocycles. The number of nitrogens with zero attached hydrogens (tertiary/aromatic N) is 8. The second kappa shape index (κ2) is 47.2. The van der Waals surface area contributed by atoms with Crippen molar-refractivity contribution in [2.45, 2.75) is 93.2 Å². The van der Waals surface area contributed by atoms with Gasteiger partial charge < -0.3 is 66.6 Å². The molecule has 0 bridgehead atoms. The summed E-state index contributed by atoms with van der Waals surface area (Å²) in [4.78, 5) is 87.6. The van der Waals surface area contributed by atoms with E-state index in [1.54, 1.807) is 155 Å². The monoisotopic (exact) mass is 1850 g/mol. The van der Waals surface area contributed by atoms with E-state index < -0.39 is 46.6 Å². The maximum absolute atomic E-state index is 13.3. The Bertz CT molecular complexity index is 5660. The van der Waals surface area contributed by atoms with Crippen molar-refractivity contribution in [2.75, 3.05) is 89.1 Å². The highest BCUT2D eigenvalue weighted by Gasteiger charge is 2.41. The zero-order valence-corrected chi connectivity index (χ0v) is 78.1. The van der Waals surface area contributed by atoms with E-state index in [1.165, 1.54) is 0 Å². The Morgan fingerprint density at radius 3 is 0.768 bits per heavy atom. The molecule has 26 heteroatoms. The van der Waals surface area contributed by atoms with Crippen molar-refractivity contribution in [1.82, 2.24) is 25.2 Å². The van der Waals surface area contributed by atoms with Crippen LogP contribution in [0.25, 0.3) is 44.3 Å². The fourth-order valence-electron chi connectivity index (χ4n) is 15.4. The van der Waals surface area contributed by atoms with E-state index in [4.69, 9.17) is 77.2 Å². The van der Waals surface area contributed by atoms with Gasteiger partial charge in [0.1, 0.15) is 90.6 Å². The third-order valence-electron chi connectivity index (χ3n) is 22.5. The van der Waals surface area contributed by atoms with Crippen LogP contribution >= 0.6 is 0 Å². The van der Waals surface area contributed by atoms with E-state index in [1.807, 2.05) is 139 Å². The number of fused-ring (bicyclic) bond motifs is 2. The second-order valence-electron chi connectivity index (χ2n) is 33.4. The van der Waals surface area contributed by atoms with E-state index >= 15 is 0 Å². The van der Waals surface area contributed by atoms with Crippen molar-refractivity contribution < 1.29 is 90.4 Å². The number of benzene rings is 13. The first kappa shape index (κ1) is 96.5. The average Bonchev–Trinajstić information content (AvgIpc) is 1.54. The minimum Gasteiger partial charge on any atom is -0.493 e. The number of carbonyl (C=O) groups is 6. The number of hydrogen-bond acceptors (Lipinski definition) is 23. The molecule has 0 atom stereocenters. The van der Waals surface area contributed by atoms with Crippen molar-refractivity contribution in [3.8, 4) is 56.8 Å². The number of para-hydroxylation sites is 4. The van der Waals surface area contributed by atoms with Gasteiger partial charge >= 0.3 is 35.8 Å². The third kappa shape index (κ3) is 24.7. The summed E-state index contributed by atoms with van der Waals surface area (Å²) in [6.45, 7) is 11.9. The molecular formula is C112H110N8O18. The molecule has 0 aliphatic heterocycles. The summed E-state index contributed by atoms with van der Waals surface area (Å²) < 4.78 is 75.0. The van der Waals surface area contributed by atoms with Gasteiger partial charge in [-0.1, -0.05) is 139 Å². The Morgan fingerprint density at radius 2 is 0.514 bits per heavy atom. The fourth-order valence-corrected chi connectivity index (χ4v) is 15.4. The molecule has 2 heterocycles. The van der Waals surface area contributed by atoms with Gasteiger partial charge in [-0.25, -0.2) is 28.8 Å². The van der Waals surface area contributed by atoms with Gasteiger partial charge in [0, 0.05) is 56.3 Å². The van der Waals surface area contributed by atoms with Gasteiger partial charge in [-0.05, 0) is 268 Å². The second-order valence-corrected chi connectivity index (χ2v) is 33.4. The molecule has 13 aromatic carbocycles. The van der Waals surface area contributed by atoms with Crippen LogP contribution in [0.5, 0.6) is 34.5 Å². The first-order chi connectivity index (χ1) is 67.5. The molecule has 0 saturated heterocycles. The summed E-state index contributed by atoms with van der Waals surface area (Å²) in [6.07, 6.45) is 3.82. The number of aromatic nitrogens is 6. The summed E-state index contributed by atoms with van der Waals surface area (Å²) in [7, 11) is 0. The number of hydrogen-bond donors (Lipinski definition) is 0. The molecule has 0 N–H and O–H groups in total. The van der Waals surface area contributed by atoms with E-state index in [0.29, 0.717) is 151 Å². The molecule has 0 aliphatic carbocycles. The fraction of sp³-hybridized carbons (Fsp3) is 0.250. The molecule has 15 rings (SSSR count). The molecule has 0 unspecified atom stereocenters. The molecule has 0 saturated carbocycles. The SMILES string of the molecule is CCCOC(=O)c1ccc(OCC(COc2ccc(C(=O)OCCC)cc2)(COc2ccc(C(=O)OCCC)cc2)Cn2nc3c(-c4ccc(N(c5ccccc5)c5ccccc5)cc4)c4n[n+](CC(COc5ccc(C(=O)OCCC)cc5)(COc5ccc(C(=O)OCCC)cc5)COc5ccc(C(=O)OCCC)cc5)[n-]c4c(-c4ccc(N(c5ccccc5)c5ccccc5)cc4)c3n2)cc1. The molecule has 15 aromatic rings. The summed E-state index contributed by atoms with van der Waals surface area (Å²) in [5, 5.41) is 22.9. The van der Waals surface area contributed by atoms with Crippen LogP contribution in [0.1, 0.15) is 142 Å². The molecule has 0 radical (unpaired) electrons. The van der Waals surface area contributed by atoms with E-state index in [0.717, 1.165) is 34.1 Å². The van der Waals surface area contributed by atoms with Gasteiger partial charge in [0.2, 0.25) is 0 Å². The molecule has 26 nitrogen and oxygen atoms in total. The largest absolute Gasteiger partial charge is 0.493 e. The Morgan fingerprint density at radius 1 is 0.283 bits per heavy atom. The maximum atomic E-state index is 13.3. The minimum atomic E-state index is -1.33. The molecular weight excluding hydrogens is 1750 g/mol. The molecule has 138 heavy (non-hydrogen) atoms. The highest BCUT2D eigenvalue weighted by atomic mass is 16.6.